The Hall–Kier alpha value is -2.77. The standard InChI is InChI=1S/C21H27N5O3/c1-21(2,3)17(18-22-23-24-26(18)14-9-5-4-6-10-14)25-12-13-8-7-11-15(20(28)29)16(13)19(25)27/h7-8,11,14,17H,4-6,9-10,12H2,1-3H3,(H,28,29)/t17-/m0/s1. The highest BCUT2D eigenvalue weighted by atomic mass is 16.4. The monoisotopic (exact) mass is 397 g/mol. The fourth-order valence-corrected chi connectivity index (χ4v) is 4.73. The zero-order valence-corrected chi connectivity index (χ0v) is 17.1. The molecule has 0 bridgehead atoms. The Labute approximate surface area is 169 Å². The molecule has 1 aliphatic heterocycles. The number of carbonyl (C=O) groups excluding carboxylic acids is 1. The number of hydrogen-bond acceptors (Lipinski definition) is 5. The zero-order valence-electron chi connectivity index (χ0n) is 17.1. The van der Waals surface area contributed by atoms with Gasteiger partial charge in [0, 0.05) is 6.54 Å². The second-order valence-electron chi connectivity index (χ2n) is 9.12. The quantitative estimate of drug-likeness (QED) is 0.845. The first-order chi connectivity index (χ1) is 13.8. The molecule has 0 unspecified atom stereocenters. The number of carbonyl (C=O) groups is 2. The number of aromatic carboxylic acids is 1. The molecule has 1 aromatic carbocycles. The first-order valence-electron chi connectivity index (χ1n) is 10.2. The van der Waals surface area contributed by atoms with Gasteiger partial charge in [-0.25, -0.2) is 9.48 Å². The normalized spacial score (nSPS) is 18.7. The van der Waals surface area contributed by atoms with Gasteiger partial charge in [-0.15, -0.1) is 5.10 Å². The highest BCUT2D eigenvalue weighted by molar-refractivity contribution is 6.07. The minimum atomic E-state index is -1.09. The van der Waals surface area contributed by atoms with Crippen LogP contribution < -0.4 is 0 Å². The van der Waals surface area contributed by atoms with Crippen LogP contribution in [0, 0.1) is 5.41 Å². The smallest absolute Gasteiger partial charge is 0.336 e. The number of tetrazole rings is 1. The molecular formula is C21H27N5O3. The molecule has 1 amide bonds. The number of nitrogens with zero attached hydrogens (tertiary/aromatic N) is 5. The molecular weight excluding hydrogens is 370 g/mol. The maximum atomic E-state index is 13.4. The van der Waals surface area contributed by atoms with E-state index in [1.807, 2.05) is 10.7 Å². The van der Waals surface area contributed by atoms with Crippen LogP contribution in [-0.2, 0) is 6.54 Å². The summed E-state index contributed by atoms with van der Waals surface area (Å²) >= 11 is 0. The molecule has 29 heavy (non-hydrogen) atoms. The number of hydrogen-bond donors (Lipinski definition) is 1. The van der Waals surface area contributed by atoms with Crippen molar-refractivity contribution < 1.29 is 14.7 Å². The Bertz CT molecular complexity index is 940. The minimum absolute atomic E-state index is 0.0505. The number of aromatic nitrogens is 4. The van der Waals surface area contributed by atoms with E-state index < -0.39 is 5.97 Å². The van der Waals surface area contributed by atoms with Gasteiger partial charge in [0.2, 0.25) is 0 Å². The third-order valence-corrected chi connectivity index (χ3v) is 6.01. The van der Waals surface area contributed by atoms with Gasteiger partial charge >= 0.3 is 5.97 Å². The molecule has 0 saturated heterocycles. The van der Waals surface area contributed by atoms with Crippen LogP contribution in [0.2, 0.25) is 0 Å². The molecule has 2 aliphatic rings. The summed E-state index contributed by atoms with van der Waals surface area (Å²) in [6.45, 7) is 6.54. The summed E-state index contributed by atoms with van der Waals surface area (Å²) in [6, 6.07) is 4.89. The summed E-state index contributed by atoms with van der Waals surface area (Å²) in [5.41, 5.74) is 0.740. The Kier molecular flexibility index (Phi) is 4.88. The lowest BCUT2D eigenvalue weighted by Crippen LogP contribution is -2.39. The van der Waals surface area contributed by atoms with Gasteiger partial charge in [-0.3, -0.25) is 4.79 Å². The Balaban J connectivity index is 1.75. The second-order valence-corrected chi connectivity index (χ2v) is 9.12. The molecule has 8 heteroatoms. The molecule has 1 N–H and O–H groups in total. The van der Waals surface area contributed by atoms with Crippen LogP contribution in [0.5, 0.6) is 0 Å². The van der Waals surface area contributed by atoms with Crippen molar-refractivity contribution in [3.05, 3.63) is 40.7 Å². The molecule has 154 valence electrons. The molecule has 0 spiro atoms. The summed E-state index contributed by atoms with van der Waals surface area (Å²) in [5, 5.41) is 22.1. The highest BCUT2D eigenvalue weighted by Gasteiger charge is 2.44. The molecule has 1 saturated carbocycles. The number of fused-ring (bicyclic) bond motifs is 1. The van der Waals surface area contributed by atoms with Crippen molar-refractivity contribution in [1.29, 1.82) is 0 Å². The Morgan fingerprint density at radius 1 is 1.21 bits per heavy atom. The fraction of sp³-hybridized carbons (Fsp3) is 0.571. The summed E-state index contributed by atoms with van der Waals surface area (Å²) in [4.78, 5) is 26.8. The predicted molar refractivity (Wildman–Crippen MR) is 105 cm³/mol. The SMILES string of the molecule is CC(C)(C)[C@H](c1nnnn1C1CCCCC1)N1Cc2cccc(C(=O)O)c2C1=O. The number of amides is 1. The average Bonchev–Trinajstić information content (AvgIpc) is 3.27. The molecule has 4 rings (SSSR count). The van der Waals surface area contributed by atoms with E-state index in [0.29, 0.717) is 12.4 Å². The lowest BCUT2D eigenvalue weighted by atomic mass is 9.84. The van der Waals surface area contributed by atoms with Gasteiger partial charge in [-0.05, 0) is 40.3 Å². The third kappa shape index (κ3) is 3.41. The number of carboxylic acids is 1. The van der Waals surface area contributed by atoms with Gasteiger partial charge in [0.1, 0.15) is 0 Å². The lowest BCUT2D eigenvalue weighted by Gasteiger charge is -2.37. The number of rotatable bonds is 4. The highest BCUT2D eigenvalue weighted by Crippen LogP contribution is 2.43. The van der Waals surface area contributed by atoms with Crippen LogP contribution in [0.25, 0.3) is 0 Å². The van der Waals surface area contributed by atoms with Gasteiger partial charge in [-0.1, -0.05) is 52.2 Å². The topological polar surface area (TPSA) is 101 Å². The van der Waals surface area contributed by atoms with Crippen molar-refractivity contribution in [3.8, 4) is 0 Å². The van der Waals surface area contributed by atoms with Gasteiger partial charge < -0.3 is 10.0 Å². The first kappa shape index (κ1) is 19.5. The maximum Gasteiger partial charge on any atom is 0.336 e. The summed E-state index contributed by atoms with van der Waals surface area (Å²) in [5.74, 6) is -0.671. The van der Waals surface area contributed by atoms with Crippen molar-refractivity contribution in [2.45, 2.75) is 71.5 Å². The van der Waals surface area contributed by atoms with Gasteiger partial charge in [0.15, 0.2) is 5.82 Å². The van der Waals surface area contributed by atoms with Gasteiger partial charge in [-0.2, -0.15) is 0 Å². The van der Waals surface area contributed by atoms with Gasteiger partial charge in [0.25, 0.3) is 5.91 Å². The lowest BCUT2D eigenvalue weighted by molar-refractivity contribution is 0.0492. The molecule has 1 aliphatic carbocycles. The van der Waals surface area contributed by atoms with Crippen molar-refractivity contribution in [3.63, 3.8) is 0 Å². The third-order valence-electron chi connectivity index (χ3n) is 6.01. The van der Waals surface area contributed by atoms with Crippen LogP contribution >= 0.6 is 0 Å². The molecule has 1 aromatic heterocycles. The van der Waals surface area contributed by atoms with Crippen LogP contribution in [-0.4, -0.2) is 42.1 Å². The molecule has 1 atom stereocenters. The summed E-state index contributed by atoms with van der Waals surface area (Å²) in [7, 11) is 0. The van der Waals surface area contributed by atoms with Crippen LogP contribution in [0.3, 0.4) is 0 Å². The summed E-state index contributed by atoms with van der Waals surface area (Å²) < 4.78 is 1.91. The van der Waals surface area contributed by atoms with E-state index in [2.05, 4.69) is 36.3 Å². The molecule has 8 nitrogen and oxygen atoms in total. The Morgan fingerprint density at radius 3 is 2.59 bits per heavy atom. The fourth-order valence-electron chi connectivity index (χ4n) is 4.73. The van der Waals surface area contributed by atoms with E-state index in [4.69, 9.17) is 0 Å². The van der Waals surface area contributed by atoms with Crippen LogP contribution in [0.15, 0.2) is 18.2 Å². The van der Waals surface area contributed by atoms with E-state index in [-0.39, 0.29) is 34.5 Å². The van der Waals surface area contributed by atoms with Crippen LogP contribution in [0.1, 0.15) is 97.1 Å². The number of benzene rings is 1. The van der Waals surface area contributed by atoms with Crippen molar-refractivity contribution in [1.82, 2.24) is 25.1 Å². The van der Waals surface area contributed by atoms with Crippen molar-refractivity contribution in [2.75, 3.05) is 0 Å². The van der Waals surface area contributed by atoms with Gasteiger partial charge in [0.05, 0.1) is 23.2 Å². The minimum Gasteiger partial charge on any atom is -0.478 e. The van der Waals surface area contributed by atoms with E-state index in [0.717, 1.165) is 31.2 Å². The zero-order chi connectivity index (χ0) is 20.8. The van der Waals surface area contributed by atoms with E-state index in [1.165, 1.54) is 12.5 Å². The predicted octanol–water partition coefficient (Wildman–Crippen LogP) is 3.62. The number of carboxylic acid groups (broad SMARTS) is 1. The Morgan fingerprint density at radius 2 is 1.93 bits per heavy atom. The van der Waals surface area contributed by atoms with E-state index >= 15 is 0 Å². The van der Waals surface area contributed by atoms with E-state index in [1.54, 1.807) is 11.0 Å². The van der Waals surface area contributed by atoms with Crippen molar-refractivity contribution in [2.24, 2.45) is 5.41 Å². The average molecular weight is 397 g/mol. The molecule has 0 radical (unpaired) electrons. The van der Waals surface area contributed by atoms with Crippen molar-refractivity contribution >= 4 is 11.9 Å². The van der Waals surface area contributed by atoms with E-state index in [9.17, 15) is 14.7 Å². The molecule has 1 fully saturated rings. The summed E-state index contributed by atoms with van der Waals surface area (Å²) in [6.07, 6.45) is 5.60. The molecule has 2 aromatic rings. The largest absolute Gasteiger partial charge is 0.478 e. The maximum absolute atomic E-state index is 13.4. The van der Waals surface area contributed by atoms with Crippen LogP contribution in [0.4, 0.5) is 0 Å². The molecule has 2 heterocycles. The first-order valence-corrected chi connectivity index (χ1v) is 10.2. The second kappa shape index (κ2) is 7.24.